The summed E-state index contributed by atoms with van der Waals surface area (Å²) < 4.78 is 55.4. The van der Waals surface area contributed by atoms with Crippen molar-refractivity contribution in [2.45, 2.75) is 83.9 Å². The van der Waals surface area contributed by atoms with Crippen molar-refractivity contribution in [1.82, 2.24) is 0 Å². The average molecular weight is 451 g/mol. The average Bonchev–Trinajstić information content (AvgIpc) is 2.77. The third kappa shape index (κ3) is 7.53. The molecule has 0 amide bonds. The lowest BCUT2D eigenvalue weighted by molar-refractivity contribution is -0.274. The maximum absolute atomic E-state index is 14.7. The minimum atomic E-state index is -4.70. The summed E-state index contributed by atoms with van der Waals surface area (Å²) in [4.78, 5) is 0. The molecule has 5 heteroatoms. The Morgan fingerprint density at radius 2 is 1.66 bits per heavy atom. The van der Waals surface area contributed by atoms with Gasteiger partial charge in [0, 0.05) is 0 Å². The summed E-state index contributed by atoms with van der Waals surface area (Å²) in [5, 5.41) is 0. The molecule has 1 aliphatic carbocycles. The molecule has 1 atom stereocenters. The number of benzene rings is 2. The van der Waals surface area contributed by atoms with Gasteiger partial charge in [0.1, 0.15) is 11.6 Å². The minimum absolute atomic E-state index is 0.182. The van der Waals surface area contributed by atoms with Crippen molar-refractivity contribution in [3.8, 4) is 5.75 Å². The van der Waals surface area contributed by atoms with Crippen LogP contribution in [-0.4, -0.2) is 6.36 Å². The topological polar surface area (TPSA) is 9.23 Å². The van der Waals surface area contributed by atoms with E-state index in [1.807, 2.05) is 6.07 Å². The fourth-order valence-electron chi connectivity index (χ4n) is 4.67. The molecule has 2 aromatic rings. The molecular weight excluding hydrogens is 416 g/mol. The number of hydrogen-bond donors (Lipinski definition) is 0. The molecule has 0 N–H and O–H groups in total. The summed E-state index contributed by atoms with van der Waals surface area (Å²) in [5.41, 5.74) is 2.59. The number of halogens is 4. The summed E-state index contributed by atoms with van der Waals surface area (Å²) in [6.45, 7) is 4.58. The largest absolute Gasteiger partial charge is 0.573 e. The van der Waals surface area contributed by atoms with Crippen LogP contribution in [0.3, 0.4) is 0 Å². The first kappa shape index (κ1) is 24.6. The zero-order chi connectivity index (χ0) is 23.1. The van der Waals surface area contributed by atoms with Gasteiger partial charge < -0.3 is 4.74 Å². The smallest absolute Gasteiger partial charge is 0.406 e. The van der Waals surface area contributed by atoms with Crippen LogP contribution in [0.2, 0.25) is 0 Å². The number of aryl methyl sites for hydroxylation is 2. The Balaban J connectivity index is 1.49. The molecule has 1 nitrogen and oxygen atoms in total. The van der Waals surface area contributed by atoms with Gasteiger partial charge in [-0.2, -0.15) is 0 Å². The van der Waals surface area contributed by atoms with Crippen molar-refractivity contribution >= 4 is 0 Å². The molecule has 0 aliphatic heterocycles. The van der Waals surface area contributed by atoms with Crippen molar-refractivity contribution in [2.75, 3.05) is 0 Å². The van der Waals surface area contributed by atoms with Gasteiger partial charge in [-0.05, 0) is 91.2 Å². The molecule has 1 saturated carbocycles. The molecule has 0 spiro atoms. The predicted molar refractivity (Wildman–Crippen MR) is 120 cm³/mol. The molecule has 1 aliphatic rings. The second-order valence-electron chi connectivity index (χ2n) is 9.35. The Labute approximate surface area is 189 Å². The first-order valence-electron chi connectivity index (χ1n) is 11.9. The maximum Gasteiger partial charge on any atom is 0.573 e. The van der Waals surface area contributed by atoms with Gasteiger partial charge in [-0.25, -0.2) is 4.39 Å². The standard InChI is InChI=1S/C27H34F4O/c1-3-19(2)4-5-20-6-11-22(12-7-20)24-15-14-23(26(28)18-24)13-8-21-9-16-25(17-10-21)32-27(29,30)31/h9-10,14-20,22H,3-8,11-13H2,1-2H3. The van der Waals surface area contributed by atoms with E-state index in [-0.39, 0.29) is 11.6 Å². The van der Waals surface area contributed by atoms with Gasteiger partial charge in [-0.1, -0.05) is 57.4 Å². The normalized spacial score (nSPS) is 20.2. The molecule has 2 aromatic carbocycles. The second-order valence-corrected chi connectivity index (χ2v) is 9.35. The zero-order valence-corrected chi connectivity index (χ0v) is 19.1. The lowest BCUT2D eigenvalue weighted by Gasteiger charge is -2.29. The number of rotatable bonds is 9. The first-order chi connectivity index (χ1) is 15.2. The highest BCUT2D eigenvalue weighted by molar-refractivity contribution is 5.30. The van der Waals surface area contributed by atoms with Crippen LogP contribution in [0.25, 0.3) is 0 Å². The fourth-order valence-corrected chi connectivity index (χ4v) is 4.67. The van der Waals surface area contributed by atoms with Gasteiger partial charge in [0.05, 0.1) is 0 Å². The van der Waals surface area contributed by atoms with E-state index < -0.39 is 6.36 Å². The van der Waals surface area contributed by atoms with Crippen molar-refractivity contribution in [3.05, 3.63) is 65.0 Å². The summed E-state index contributed by atoms with van der Waals surface area (Å²) in [6, 6.07) is 11.4. The number of ether oxygens (including phenoxy) is 1. The molecular formula is C27H34F4O. The SMILES string of the molecule is CCC(C)CCC1CCC(c2ccc(CCc3ccc(OC(F)(F)F)cc3)c(F)c2)CC1. The molecule has 176 valence electrons. The van der Waals surface area contributed by atoms with Crippen molar-refractivity contribution in [3.63, 3.8) is 0 Å². The molecule has 0 saturated heterocycles. The van der Waals surface area contributed by atoms with Crippen LogP contribution in [0.5, 0.6) is 5.75 Å². The zero-order valence-electron chi connectivity index (χ0n) is 19.1. The van der Waals surface area contributed by atoms with Gasteiger partial charge in [0.2, 0.25) is 0 Å². The van der Waals surface area contributed by atoms with Gasteiger partial charge in [-0.15, -0.1) is 13.2 Å². The summed E-state index contributed by atoms with van der Waals surface area (Å²) in [5.74, 6) is 1.64. The Kier molecular flexibility index (Phi) is 8.61. The van der Waals surface area contributed by atoms with Crippen LogP contribution in [0, 0.1) is 17.7 Å². The highest BCUT2D eigenvalue weighted by Gasteiger charge is 2.31. The third-order valence-corrected chi connectivity index (χ3v) is 7.00. The van der Waals surface area contributed by atoms with Gasteiger partial charge in [-0.3, -0.25) is 0 Å². The quantitative estimate of drug-likeness (QED) is 0.348. The van der Waals surface area contributed by atoms with Gasteiger partial charge in [0.25, 0.3) is 0 Å². The van der Waals surface area contributed by atoms with Crippen LogP contribution < -0.4 is 4.74 Å². The second kappa shape index (κ2) is 11.2. The summed E-state index contributed by atoms with van der Waals surface area (Å²) in [7, 11) is 0. The highest BCUT2D eigenvalue weighted by atomic mass is 19.4. The Hall–Kier alpha value is -2.04. The molecule has 0 bridgehead atoms. The van der Waals surface area contributed by atoms with E-state index in [4.69, 9.17) is 0 Å². The molecule has 1 fully saturated rings. The van der Waals surface area contributed by atoms with Crippen molar-refractivity contribution in [2.24, 2.45) is 11.8 Å². The predicted octanol–water partition coefficient (Wildman–Crippen LogP) is 8.61. The van der Waals surface area contributed by atoms with Crippen LogP contribution in [-0.2, 0) is 12.8 Å². The molecule has 3 rings (SSSR count). The number of alkyl halides is 3. The molecule has 0 aromatic heterocycles. The summed E-state index contributed by atoms with van der Waals surface area (Å²) >= 11 is 0. The Morgan fingerprint density at radius 3 is 2.25 bits per heavy atom. The van der Waals surface area contributed by atoms with Crippen LogP contribution >= 0.6 is 0 Å². The lowest BCUT2D eigenvalue weighted by Crippen LogP contribution is -2.17. The Bertz CT molecular complexity index is 836. The van der Waals surface area contributed by atoms with Crippen LogP contribution in [0.1, 0.15) is 81.4 Å². The molecule has 1 unspecified atom stereocenters. The lowest BCUT2D eigenvalue weighted by atomic mass is 9.76. The minimum Gasteiger partial charge on any atom is -0.406 e. The van der Waals surface area contributed by atoms with E-state index in [2.05, 4.69) is 24.7 Å². The first-order valence-corrected chi connectivity index (χ1v) is 11.9. The third-order valence-electron chi connectivity index (χ3n) is 7.00. The molecule has 0 heterocycles. The van der Waals surface area contributed by atoms with E-state index in [0.29, 0.717) is 24.3 Å². The van der Waals surface area contributed by atoms with E-state index in [0.717, 1.165) is 35.8 Å². The van der Waals surface area contributed by atoms with E-state index in [1.165, 1.54) is 44.2 Å². The monoisotopic (exact) mass is 450 g/mol. The summed E-state index contributed by atoms with van der Waals surface area (Å²) in [6.07, 6.45) is 4.99. The van der Waals surface area contributed by atoms with Gasteiger partial charge >= 0.3 is 6.36 Å². The van der Waals surface area contributed by atoms with Crippen molar-refractivity contribution < 1.29 is 22.3 Å². The Morgan fingerprint density at radius 1 is 0.969 bits per heavy atom. The molecule has 0 radical (unpaired) electrons. The fraction of sp³-hybridized carbons (Fsp3) is 0.556. The van der Waals surface area contributed by atoms with E-state index >= 15 is 0 Å². The maximum atomic E-state index is 14.7. The molecule has 32 heavy (non-hydrogen) atoms. The van der Waals surface area contributed by atoms with E-state index in [9.17, 15) is 17.6 Å². The van der Waals surface area contributed by atoms with Gasteiger partial charge in [0.15, 0.2) is 0 Å². The van der Waals surface area contributed by atoms with Crippen LogP contribution in [0.4, 0.5) is 17.6 Å². The van der Waals surface area contributed by atoms with Crippen molar-refractivity contribution in [1.29, 1.82) is 0 Å². The highest BCUT2D eigenvalue weighted by Crippen LogP contribution is 2.38. The van der Waals surface area contributed by atoms with E-state index in [1.54, 1.807) is 18.2 Å². The number of hydrogen-bond acceptors (Lipinski definition) is 1. The van der Waals surface area contributed by atoms with Crippen LogP contribution in [0.15, 0.2) is 42.5 Å².